The molecule has 0 saturated heterocycles. The monoisotopic (exact) mass is 365 g/mol. The van der Waals surface area contributed by atoms with Gasteiger partial charge < -0.3 is 5.32 Å². The zero-order valence-electron chi connectivity index (χ0n) is 15.5. The predicted molar refractivity (Wildman–Crippen MR) is 111 cm³/mol. The van der Waals surface area contributed by atoms with Crippen LogP contribution < -0.4 is 5.32 Å². The summed E-state index contributed by atoms with van der Waals surface area (Å²) < 4.78 is 1.96. The largest absolute Gasteiger partial charge is 0.326 e. The summed E-state index contributed by atoms with van der Waals surface area (Å²) in [6.07, 6.45) is 4.03. The lowest BCUT2D eigenvalue weighted by Crippen LogP contribution is -2.14. The van der Waals surface area contributed by atoms with Crippen molar-refractivity contribution in [2.24, 2.45) is 0 Å². The molecule has 0 unspecified atom stereocenters. The van der Waals surface area contributed by atoms with Crippen LogP contribution in [0.1, 0.15) is 22.4 Å². The van der Waals surface area contributed by atoms with Gasteiger partial charge >= 0.3 is 0 Å². The first kappa shape index (κ1) is 17.6. The van der Waals surface area contributed by atoms with E-state index in [1.54, 1.807) is 6.20 Å². The first-order chi connectivity index (χ1) is 13.7. The molecule has 136 valence electrons. The van der Waals surface area contributed by atoms with Crippen molar-refractivity contribution in [2.75, 3.05) is 5.32 Å². The Labute approximate surface area is 163 Å². The van der Waals surface area contributed by atoms with Crippen molar-refractivity contribution in [2.45, 2.75) is 13.3 Å². The van der Waals surface area contributed by atoms with Crippen LogP contribution in [0.5, 0.6) is 0 Å². The minimum atomic E-state index is -0.0456. The summed E-state index contributed by atoms with van der Waals surface area (Å²) in [5.41, 5.74) is 5.43. The first-order valence-corrected chi connectivity index (χ1v) is 9.07. The first-order valence-electron chi connectivity index (χ1n) is 9.07. The number of carbonyl (C=O) groups is 1. The summed E-state index contributed by atoms with van der Waals surface area (Å²) in [6.45, 7) is 2.02. The van der Waals surface area contributed by atoms with Crippen LogP contribution in [-0.2, 0) is 11.2 Å². The summed E-state index contributed by atoms with van der Waals surface area (Å²) in [4.78, 5) is 16.7. The molecule has 0 aliphatic carbocycles. The van der Waals surface area contributed by atoms with Crippen molar-refractivity contribution >= 4 is 17.2 Å². The number of hydrogen-bond acceptors (Lipinski definition) is 2. The Morgan fingerprint density at radius 3 is 2.71 bits per heavy atom. The average molecular weight is 365 g/mol. The average Bonchev–Trinajstić information content (AvgIpc) is 3.12. The van der Waals surface area contributed by atoms with Gasteiger partial charge in [-0.3, -0.25) is 9.20 Å². The lowest BCUT2D eigenvalue weighted by Gasteiger charge is -2.06. The van der Waals surface area contributed by atoms with Crippen LogP contribution >= 0.6 is 0 Å². The summed E-state index contributed by atoms with van der Waals surface area (Å²) in [6, 6.07) is 21.3. The molecule has 0 radical (unpaired) electrons. The van der Waals surface area contributed by atoms with Crippen LogP contribution in [-0.4, -0.2) is 15.3 Å². The van der Waals surface area contributed by atoms with Gasteiger partial charge in [0, 0.05) is 17.4 Å². The number of carbonyl (C=O) groups excluding carboxylic acids is 1. The van der Waals surface area contributed by atoms with E-state index in [-0.39, 0.29) is 5.91 Å². The van der Waals surface area contributed by atoms with Crippen molar-refractivity contribution < 1.29 is 4.79 Å². The summed E-state index contributed by atoms with van der Waals surface area (Å²) in [7, 11) is 0. The van der Waals surface area contributed by atoms with E-state index in [2.05, 4.69) is 22.1 Å². The van der Waals surface area contributed by atoms with Gasteiger partial charge in [-0.1, -0.05) is 42.3 Å². The molecule has 0 aliphatic rings. The second-order valence-corrected chi connectivity index (χ2v) is 6.56. The number of amides is 1. The van der Waals surface area contributed by atoms with Crippen LogP contribution in [0.3, 0.4) is 0 Å². The number of hydrogen-bond donors (Lipinski definition) is 1. The number of fused-ring (bicyclic) bond motifs is 1. The van der Waals surface area contributed by atoms with Crippen molar-refractivity contribution in [1.29, 1.82) is 0 Å². The van der Waals surface area contributed by atoms with Crippen LogP contribution in [0.4, 0.5) is 5.69 Å². The number of imidazole rings is 1. The number of benzene rings is 2. The summed E-state index contributed by atoms with van der Waals surface area (Å²) in [5, 5.41) is 2.91. The van der Waals surface area contributed by atoms with Crippen molar-refractivity contribution in [3.05, 3.63) is 102 Å². The maximum Gasteiger partial charge on any atom is 0.228 e. The molecule has 0 atom stereocenters. The molecule has 2 aromatic carbocycles. The molecule has 1 N–H and O–H groups in total. The Morgan fingerprint density at radius 2 is 1.86 bits per heavy atom. The molecule has 4 heteroatoms. The molecule has 4 aromatic rings. The van der Waals surface area contributed by atoms with E-state index < -0.39 is 0 Å². The second kappa shape index (κ2) is 7.81. The van der Waals surface area contributed by atoms with E-state index >= 15 is 0 Å². The van der Waals surface area contributed by atoms with Crippen molar-refractivity contribution in [3.8, 4) is 11.8 Å². The fourth-order valence-electron chi connectivity index (χ4n) is 2.98. The molecule has 1 amide bonds. The minimum Gasteiger partial charge on any atom is -0.326 e. The third-order valence-electron chi connectivity index (χ3n) is 4.47. The van der Waals surface area contributed by atoms with Gasteiger partial charge in [0.1, 0.15) is 11.3 Å². The molecule has 4 nitrogen and oxygen atoms in total. The van der Waals surface area contributed by atoms with Gasteiger partial charge in [0.05, 0.1) is 12.6 Å². The molecule has 2 heterocycles. The number of anilines is 1. The molecule has 0 saturated carbocycles. The van der Waals surface area contributed by atoms with Gasteiger partial charge in [-0.25, -0.2) is 4.98 Å². The second-order valence-electron chi connectivity index (χ2n) is 6.56. The number of nitrogens with one attached hydrogen (secondary N) is 1. The normalized spacial score (nSPS) is 10.3. The fourth-order valence-corrected chi connectivity index (χ4v) is 2.98. The predicted octanol–water partition coefficient (Wildman–Crippen LogP) is 4.22. The maximum absolute atomic E-state index is 12.3. The number of para-hydroxylation sites is 1. The van der Waals surface area contributed by atoms with Gasteiger partial charge in [-0.05, 0) is 54.3 Å². The van der Waals surface area contributed by atoms with E-state index in [0.29, 0.717) is 6.42 Å². The Morgan fingerprint density at radius 1 is 1.04 bits per heavy atom. The lowest BCUT2D eigenvalue weighted by atomic mass is 10.0. The highest BCUT2D eigenvalue weighted by atomic mass is 16.1. The third kappa shape index (κ3) is 3.94. The molecule has 0 spiro atoms. The minimum absolute atomic E-state index is 0.0456. The quantitative estimate of drug-likeness (QED) is 0.553. The number of aryl methyl sites for hydroxylation is 1. The van der Waals surface area contributed by atoms with E-state index in [4.69, 9.17) is 0 Å². The molecule has 0 fully saturated rings. The van der Waals surface area contributed by atoms with Gasteiger partial charge in [-0.2, -0.15) is 0 Å². The topological polar surface area (TPSA) is 46.4 Å². The molecule has 2 aromatic heterocycles. The number of aromatic nitrogens is 2. The molecule has 0 aliphatic heterocycles. The standard InChI is InChI=1S/C24H19N3O/c1-18-10-11-19(16-24(28)26-21-7-3-2-4-8-21)15-20(18)12-13-22-17-25-23-9-5-6-14-27(22)23/h2-11,14-15,17H,16H2,1H3,(H,26,28). The van der Waals surface area contributed by atoms with Crippen LogP contribution in [0.15, 0.2) is 79.1 Å². The highest BCUT2D eigenvalue weighted by molar-refractivity contribution is 5.92. The van der Waals surface area contributed by atoms with Gasteiger partial charge in [0.15, 0.2) is 0 Å². The van der Waals surface area contributed by atoms with Crippen molar-refractivity contribution in [1.82, 2.24) is 9.38 Å². The molecule has 0 bridgehead atoms. The molecular formula is C24H19N3O. The third-order valence-corrected chi connectivity index (χ3v) is 4.47. The van der Waals surface area contributed by atoms with Gasteiger partial charge in [0.25, 0.3) is 0 Å². The zero-order chi connectivity index (χ0) is 19.3. The van der Waals surface area contributed by atoms with Crippen molar-refractivity contribution in [3.63, 3.8) is 0 Å². The van der Waals surface area contributed by atoms with E-state index in [1.165, 1.54) is 0 Å². The van der Waals surface area contributed by atoms with Gasteiger partial charge in [0.2, 0.25) is 5.91 Å². The Bertz CT molecular complexity index is 1200. The lowest BCUT2D eigenvalue weighted by molar-refractivity contribution is -0.115. The highest BCUT2D eigenvalue weighted by Gasteiger charge is 2.06. The Kier molecular flexibility index (Phi) is 4.90. The Hall–Kier alpha value is -3.84. The molecule has 4 rings (SSSR count). The zero-order valence-corrected chi connectivity index (χ0v) is 15.5. The van der Waals surface area contributed by atoms with E-state index in [1.807, 2.05) is 84.3 Å². The number of pyridine rings is 1. The Balaban J connectivity index is 1.54. The van der Waals surface area contributed by atoms with Crippen LogP contribution in [0, 0.1) is 18.8 Å². The highest BCUT2D eigenvalue weighted by Crippen LogP contribution is 2.13. The number of rotatable bonds is 3. The van der Waals surface area contributed by atoms with E-state index in [9.17, 15) is 4.79 Å². The van der Waals surface area contributed by atoms with Gasteiger partial charge in [-0.15, -0.1) is 0 Å². The molecular weight excluding hydrogens is 346 g/mol. The SMILES string of the molecule is Cc1ccc(CC(=O)Nc2ccccc2)cc1C#Cc1cnc2ccccn12. The smallest absolute Gasteiger partial charge is 0.228 e. The summed E-state index contributed by atoms with van der Waals surface area (Å²) in [5.74, 6) is 6.38. The van der Waals surface area contributed by atoms with E-state index in [0.717, 1.165) is 33.7 Å². The fraction of sp³-hybridized carbons (Fsp3) is 0.0833. The summed E-state index contributed by atoms with van der Waals surface area (Å²) >= 11 is 0. The van der Waals surface area contributed by atoms with Crippen LogP contribution in [0.25, 0.3) is 5.65 Å². The maximum atomic E-state index is 12.3. The van der Waals surface area contributed by atoms with Crippen LogP contribution in [0.2, 0.25) is 0 Å². The molecule has 28 heavy (non-hydrogen) atoms. The number of nitrogens with zero attached hydrogens (tertiary/aromatic N) is 2.